The maximum Gasteiger partial charge on any atom is 0.0149 e. The topological polar surface area (TPSA) is 12.0 Å². The molecule has 1 radical (unpaired) electrons. The molecule has 73 valence electrons. The number of anilines is 1. The van der Waals surface area contributed by atoms with E-state index in [4.69, 9.17) is 0 Å². The zero-order valence-corrected chi connectivity index (χ0v) is 11.9. The first kappa shape index (κ1) is 12.2. The fourth-order valence-corrected chi connectivity index (χ4v) is 1.87. The van der Waals surface area contributed by atoms with Crippen molar-refractivity contribution >= 4 is 5.69 Å². The Bertz CT molecular complexity index is 322. The molecule has 1 N–H and O–H groups in total. The second-order valence-electron chi connectivity index (χ2n) is 4.17. The Morgan fingerprint density at radius 1 is 1.43 bits per heavy atom. The number of fused-ring (bicyclic) bond motifs is 1. The molecule has 0 aliphatic carbocycles. The quantitative estimate of drug-likeness (QED) is 0.710. The first-order chi connectivity index (χ1) is 6.16. The van der Waals surface area contributed by atoms with Crippen molar-refractivity contribution in [3.63, 3.8) is 0 Å². The van der Waals surface area contributed by atoms with Crippen LogP contribution in [-0.2, 0) is 39.1 Å². The summed E-state index contributed by atoms with van der Waals surface area (Å²) in [7, 11) is 0. The van der Waals surface area contributed by atoms with Gasteiger partial charge in [0, 0.05) is 38.8 Å². The molecular weight excluding hydrogens is 247 g/mol. The number of hydrogen-bond donors (Lipinski definition) is 1. The maximum absolute atomic E-state index is 3.51. The molecule has 1 nitrogen and oxygen atoms in total. The standard InChI is InChI=1S/C12H16N.Y/c1-8-4-5-12-11(6-8)7-9(2)10(3)13-12;/h5-6,9-10,13H,7H2,1-3H3;/q-1;. The molecule has 0 bridgehead atoms. The number of benzene rings is 1. The van der Waals surface area contributed by atoms with Gasteiger partial charge < -0.3 is 5.32 Å². The molecule has 0 fully saturated rings. The van der Waals surface area contributed by atoms with Crippen LogP contribution in [0.4, 0.5) is 5.69 Å². The summed E-state index contributed by atoms with van der Waals surface area (Å²) in [6, 6.07) is 8.14. The van der Waals surface area contributed by atoms with Crippen LogP contribution in [0.3, 0.4) is 0 Å². The monoisotopic (exact) mass is 263 g/mol. The fraction of sp³-hybridized carbons (Fsp3) is 0.500. The zero-order valence-electron chi connectivity index (χ0n) is 9.09. The number of hydrogen-bond acceptors (Lipinski definition) is 1. The van der Waals surface area contributed by atoms with Crippen molar-refractivity contribution in [2.75, 3.05) is 5.32 Å². The van der Waals surface area contributed by atoms with E-state index in [1.54, 1.807) is 0 Å². The molecule has 2 unspecified atom stereocenters. The van der Waals surface area contributed by atoms with E-state index in [-0.39, 0.29) is 32.7 Å². The van der Waals surface area contributed by atoms with Crippen LogP contribution in [0.25, 0.3) is 0 Å². The molecule has 0 spiro atoms. The molecular formula is C12H16NY-. The third-order valence-electron chi connectivity index (χ3n) is 2.96. The van der Waals surface area contributed by atoms with Crippen molar-refractivity contribution in [2.45, 2.75) is 33.2 Å². The van der Waals surface area contributed by atoms with E-state index in [0.717, 1.165) is 5.92 Å². The first-order valence-electron chi connectivity index (χ1n) is 4.94. The van der Waals surface area contributed by atoms with Gasteiger partial charge in [-0.1, -0.05) is 19.5 Å². The predicted molar refractivity (Wildman–Crippen MR) is 56.0 cm³/mol. The number of rotatable bonds is 0. The van der Waals surface area contributed by atoms with Gasteiger partial charge in [-0.3, -0.25) is 0 Å². The molecule has 1 aromatic rings. The Kier molecular flexibility index (Phi) is 4.15. The molecule has 1 aliphatic rings. The molecule has 1 aromatic carbocycles. The minimum Gasteiger partial charge on any atom is -0.434 e. The minimum atomic E-state index is 0. The molecule has 0 aromatic heterocycles. The van der Waals surface area contributed by atoms with Gasteiger partial charge in [-0.05, 0) is 19.3 Å². The number of nitrogens with one attached hydrogen (secondary N) is 1. The largest absolute Gasteiger partial charge is 0.434 e. The van der Waals surface area contributed by atoms with Crippen LogP contribution in [0.5, 0.6) is 0 Å². The van der Waals surface area contributed by atoms with Crippen LogP contribution in [0.1, 0.15) is 25.0 Å². The van der Waals surface area contributed by atoms with Gasteiger partial charge in [-0.2, -0.15) is 23.8 Å². The van der Waals surface area contributed by atoms with E-state index < -0.39 is 0 Å². The van der Waals surface area contributed by atoms with E-state index >= 15 is 0 Å². The zero-order chi connectivity index (χ0) is 9.42. The summed E-state index contributed by atoms with van der Waals surface area (Å²) < 4.78 is 0. The second-order valence-corrected chi connectivity index (χ2v) is 4.17. The molecule has 1 aliphatic heterocycles. The molecule has 1 heterocycles. The molecule has 14 heavy (non-hydrogen) atoms. The number of aryl methyl sites for hydroxylation is 1. The van der Waals surface area contributed by atoms with Crippen molar-refractivity contribution in [3.8, 4) is 0 Å². The van der Waals surface area contributed by atoms with Gasteiger partial charge >= 0.3 is 0 Å². The van der Waals surface area contributed by atoms with Crippen molar-refractivity contribution in [3.05, 3.63) is 29.3 Å². The van der Waals surface area contributed by atoms with Crippen LogP contribution in [-0.4, -0.2) is 6.04 Å². The Balaban J connectivity index is 0.000000980. The van der Waals surface area contributed by atoms with Crippen molar-refractivity contribution in [1.82, 2.24) is 0 Å². The summed E-state index contributed by atoms with van der Waals surface area (Å²) in [5, 5.41) is 3.51. The van der Waals surface area contributed by atoms with Gasteiger partial charge in [0.25, 0.3) is 0 Å². The summed E-state index contributed by atoms with van der Waals surface area (Å²) in [5.74, 6) is 0.731. The first-order valence-corrected chi connectivity index (χ1v) is 4.94. The van der Waals surface area contributed by atoms with Crippen molar-refractivity contribution in [1.29, 1.82) is 0 Å². The smallest absolute Gasteiger partial charge is 0.0149 e. The molecule has 0 saturated heterocycles. The third-order valence-corrected chi connectivity index (χ3v) is 2.96. The Morgan fingerprint density at radius 2 is 2.14 bits per heavy atom. The fourth-order valence-electron chi connectivity index (χ4n) is 1.87. The van der Waals surface area contributed by atoms with Crippen LogP contribution in [0, 0.1) is 18.9 Å². The van der Waals surface area contributed by atoms with Gasteiger partial charge in [0.2, 0.25) is 0 Å². The minimum absolute atomic E-state index is 0. The van der Waals surface area contributed by atoms with Crippen LogP contribution in [0.2, 0.25) is 0 Å². The van der Waals surface area contributed by atoms with Crippen LogP contribution >= 0.6 is 0 Å². The summed E-state index contributed by atoms with van der Waals surface area (Å²) in [4.78, 5) is 0. The van der Waals surface area contributed by atoms with Gasteiger partial charge in [0.15, 0.2) is 0 Å². The van der Waals surface area contributed by atoms with E-state index in [9.17, 15) is 0 Å². The summed E-state index contributed by atoms with van der Waals surface area (Å²) in [5.41, 5.74) is 3.96. The molecule has 2 heteroatoms. The Morgan fingerprint density at radius 3 is 2.86 bits per heavy atom. The Hall–Kier alpha value is 0.124. The average Bonchev–Trinajstić information content (AvgIpc) is 2.08. The van der Waals surface area contributed by atoms with Gasteiger partial charge in [-0.25, -0.2) is 0 Å². The SMILES string of the molecule is Cc1[c-]cc2c(c1)CC(C)C(C)N2.[Y]. The molecule has 0 saturated carbocycles. The summed E-state index contributed by atoms with van der Waals surface area (Å²) in [6.07, 6.45) is 1.19. The maximum atomic E-state index is 3.51. The van der Waals surface area contributed by atoms with E-state index in [1.807, 2.05) is 0 Å². The molecule has 2 atom stereocenters. The molecule has 2 rings (SSSR count). The van der Waals surface area contributed by atoms with Crippen LogP contribution < -0.4 is 5.32 Å². The third kappa shape index (κ3) is 2.38. The van der Waals surface area contributed by atoms with Gasteiger partial charge in [-0.15, -0.1) is 5.56 Å². The average molecular weight is 263 g/mol. The molecule has 0 amide bonds. The van der Waals surface area contributed by atoms with E-state index in [2.05, 4.69) is 44.3 Å². The summed E-state index contributed by atoms with van der Waals surface area (Å²) in [6.45, 7) is 6.64. The normalized spacial score (nSPS) is 24.5. The van der Waals surface area contributed by atoms with Gasteiger partial charge in [0.05, 0.1) is 0 Å². The predicted octanol–water partition coefficient (Wildman–Crippen LogP) is 2.79. The van der Waals surface area contributed by atoms with Crippen molar-refractivity contribution < 1.29 is 32.7 Å². The second kappa shape index (κ2) is 4.76. The summed E-state index contributed by atoms with van der Waals surface area (Å²) >= 11 is 0. The van der Waals surface area contributed by atoms with Gasteiger partial charge in [0.1, 0.15) is 0 Å². The van der Waals surface area contributed by atoms with Crippen molar-refractivity contribution in [2.24, 2.45) is 5.92 Å². The Labute approximate surface area is 112 Å². The van der Waals surface area contributed by atoms with E-state index in [0.29, 0.717) is 6.04 Å². The van der Waals surface area contributed by atoms with Crippen LogP contribution in [0.15, 0.2) is 12.1 Å². The van der Waals surface area contributed by atoms with E-state index in [1.165, 1.54) is 23.2 Å².